The van der Waals surface area contributed by atoms with Crippen LogP contribution >= 0.6 is 0 Å². The van der Waals surface area contributed by atoms with E-state index in [9.17, 15) is 4.79 Å². The summed E-state index contributed by atoms with van der Waals surface area (Å²) in [7, 11) is 1.59. The minimum Gasteiger partial charge on any atom is -0.372 e. The molecule has 1 unspecified atom stereocenters. The summed E-state index contributed by atoms with van der Waals surface area (Å²) in [5.41, 5.74) is 0. The number of carbonyl (C=O) groups is 1. The van der Waals surface area contributed by atoms with Gasteiger partial charge >= 0.3 is 0 Å². The number of amides is 1. The third-order valence-electron chi connectivity index (χ3n) is 3.32. The fraction of sp³-hybridized carbons (Fsp3) is 0.917. The third kappa shape index (κ3) is 3.49. The topological polar surface area (TPSA) is 29.5 Å². The molecule has 0 aromatic rings. The van der Waals surface area contributed by atoms with Gasteiger partial charge in [-0.25, -0.2) is 0 Å². The van der Waals surface area contributed by atoms with E-state index < -0.39 is 0 Å². The smallest absolute Gasteiger partial charge is 0.251 e. The first-order valence-corrected chi connectivity index (χ1v) is 6.00. The number of methoxy groups -OCH3 is 1. The van der Waals surface area contributed by atoms with Crippen LogP contribution < -0.4 is 0 Å². The van der Waals surface area contributed by atoms with Gasteiger partial charge in [0.05, 0.1) is 0 Å². The molecule has 1 aliphatic rings. The fourth-order valence-corrected chi connectivity index (χ4v) is 2.21. The van der Waals surface area contributed by atoms with Gasteiger partial charge < -0.3 is 9.64 Å². The van der Waals surface area contributed by atoms with Gasteiger partial charge in [0.15, 0.2) is 0 Å². The van der Waals surface area contributed by atoms with Crippen LogP contribution in [0.1, 0.15) is 39.5 Å². The maximum atomic E-state index is 11.8. The second-order valence-electron chi connectivity index (χ2n) is 4.44. The zero-order valence-electron chi connectivity index (χ0n) is 10.2. The van der Waals surface area contributed by atoms with E-state index >= 15 is 0 Å². The summed E-state index contributed by atoms with van der Waals surface area (Å²) < 4.78 is 5.05. The van der Waals surface area contributed by atoms with Crippen molar-refractivity contribution in [2.75, 3.05) is 20.2 Å². The Morgan fingerprint density at radius 3 is 2.53 bits per heavy atom. The molecule has 0 bridgehead atoms. The molecule has 1 saturated heterocycles. The summed E-state index contributed by atoms with van der Waals surface area (Å²) in [6.07, 6.45) is 4.61. The molecule has 1 fully saturated rings. The summed E-state index contributed by atoms with van der Waals surface area (Å²) in [4.78, 5) is 13.7. The van der Waals surface area contributed by atoms with Gasteiger partial charge in [0.1, 0.15) is 6.10 Å². The van der Waals surface area contributed by atoms with Crippen molar-refractivity contribution in [3.63, 3.8) is 0 Å². The van der Waals surface area contributed by atoms with Gasteiger partial charge in [-0.05, 0) is 25.7 Å². The number of piperidine rings is 1. The summed E-state index contributed by atoms with van der Waals surface area (Å²) in [5.74, 6) is 0.976. The Balaban J connectivity index is 2.33. The lowest BCUT2D eigenvalue weighted by atomic mass is 9.92. The molecular formula is C12H23NO2. The molecule has 1 rings (SSSR count). The molecule has 0 saturated carbocycles. The molecule has 15 heavy (non-hydrogen) atoms. The van der Waals surface area contributed by atoms with E-state index in [1.165, 1.54) is 12.8 Å². The van der Waals surface area contributed by atoms with Crippen LogP contribution in [0, 0.1) is 5.92 Å². The van der Waals surface area contributed by atoms with E-state index in [-0.39, 0.29) is 12.0 Å². The highest BCUT2D eigenvalue weighted by atomic mass is 16.5. The van der Waals surface area contributed by atoms with Gasteiger partial charge in [0, 0.05) is 20.2 Å². The van der Waals surface area contributed by atoms with E-state index in [1.54, 1.807) is 7.11 Å². The van der Waals surface area contributed by atoms with E-state index in [1.807, 2.05) is 11.8 Å². The zero-order chi connectivity index (χ0) is 11.3. The SMILES string of the molecule is CCCC1CCN(C(=O)C(C)OC)CC1. The van der Waals surface area contributed by atoms with Crippen molar-refractivity contribution in [2.45, 2.75) is 45.6 Å². The number of ether oxygens (including phenoxy) is 1. The van der Waals surface area contributed by atoms with Gasteiger partial charge in [-0.2, -0.15) is 0 Å². The first-order chi connectivity index (χ1) is 7.19. The van der Waals surface area contributed by atoms with Crippen molar-refractivity contribution in [1.82, 2.24) is 4.90 Å². The van der Waals surface area contributed by atoms with Crippen LogP contribution in [0.25, 0.3) is 0 Å². The number of nitrogens with zero attached hydrogens (tertiary/aromatic N) is 1. The highest BCUT2D eigenvalue weighted by Crippen LogP contribution is 2.22. The van der Waals surface area contributed by atoms with Crippen molar-refractivity contribution in [3.8, 4) is 0 Å². The van der Waals surface area contributed by atoms with Crippen molar-refractivity contribution >= 4 is 5.91 Å². The molecule has 1 atom stereocenters. The van der Waals surface area contributed by atoms with E-state index in [4.69, 9.17) is 4.74 Å². The highest BCUT2D eigenvalue weighted by molar-refractivity contribution is 5.80. The molecule has 1 aliphatic heterocycles. The summed E-state index contributed by atoms with van der Waals surface area (Å²) in [6.45, 7) is 5.87. The molecule has 88 valence electrons. The molecule has 0 radical (unpaired) electrons. The predicted molar refractivity (Wildman–Crippen MR) is 60.7 cm³/mol. The van der Waals surface area contributed by atoms with Crippen LogP contribution in [0.4, 0.5) is 0 Å². The quantitative estimate of drug-likeness (QED) is 0.715. The number of carbonyl (C=O) groups excluding carboxylic acids is 1. The molecule has 0 aliphatic carbocycles. The monoisotopic (exact) mass is 213 g/mol. The lowest BCUT2D eigenvalue weighted by Crippen LogP contribution is -2.43. The van der Waals surface area contributed by atoms with Crippen LogP contribution in [-0.2, 0) is 9.53 Å². The molecule has 0 aromatic carbocycles. The minimum absolute atomic E-state index is 0.146. The van der Waals surface area contributed by atoms with Crippen LogP contribution in [0.2, 0.25) is 0 Å². The van der Waals surface area contributed by atoms with Gasteiger partial charge in [0.2, 0.25) is 0 Å². The minimum atomic E-state index is -0.285. The van der Waals surface area contributed by atoms with Crippen LogP contribution in [0.5, 0.6) is 0 Å². The normalized spacial score (nSPS) is 20.3. The molecule has 3 heteroatoms. The number of hydrogen-bond acceptors (Lipinski definition) is 2. The zero-order valence-corrected chi connectivity index (χ0v) is 10.2. The average molecular weight is 213 g/mol. The summed E-state index contributed by atoms with van der Waals surface area (Å²) in [6, 6.07) is 0. The Kier molecular flexibility index (Phi) is 5.09. The first kappa shape index (κ1) is 12.5. The molecular weight excluding hydrogens is 190 g/mol. The number of rotatable bonds is 4. The fourth-order valence-electron chi connectivity index (χ4n) is 2.21. The van der Waals surface area contributed by atoms with Crippen molar-refractivity contribution in [2.24, 2.45) is 5.92 Å². The number of hydrogen-bond donors (Lipinski definition) is 0. The maximum Gasteiger partial charge on any atom is 0.251 e. The van der Waals surface area contributed by atoms with Gasteiger partial charge in [-0.3, -0.25) is 4.79 Å². The molecule has 0 spiro atoms. The van der Waals surface area contributed by atoms with Crippen molar-refractivity contribution < 1.29 is 9.53 Å². The molecule has 1 amide bonds. The van der Waals surface area contributed by atoms with Gasteiger partial charge in [0.25, 0.3) is 5.91 Å². The molecule has 0 aromatic heterocycles. The summed E-state index contributed by atoms with van der Waals surface area (Å²) >= 11 is 0. The molecule has 1 heterocycles. The Labute approximate surface area is 92.8 Å². The Morgan fingerprint density at radius 1 is 1.47 bits per heavy atom. The van der Waals surface area contributed by atoms with Crippen LogP contribution in [0.15, 0.2) is 0 Å². The second-order valence-corrected chi connectivity index (χ2v) is 4.44. The van der Waals surface area contributed by atoms with Gasteiger partial charge in [-0.15, -0.1) is 0 Å². The summed E-state index contributed by atoms with van der Waals surface area (Å²) in [5, 5.41) is 0. The van der Waals surface area contributed by atoms with Crippen molar-refractivity contribution in [3.05, 3.63) is 0 Å². The Bertz CT molecular complexity index is 198. The largest absolute Gasteiger partial charge is 0.372 e. The first-order valence-electron chi connectivity index (χ1n) is 6.00. The Morgan fingerprint density at radius 2 is 2.07 bits per heavy atom. The molecule has 0 N–H and O–H groups in total. The third-order valence-corrected chi connectivity index (χ3v) is 3.32. The second kappa shape index (κ2) is 6.11. The molecule has 3 nitrogen and oxygen atoms in total. The average Bonchev–Trinajstić information content (AvgIpc) is 2.28. The van der Waals surface area contributed by atoms with Crippen LogP contribution in [-0.4, -0.2) is 37.1 Å². The maximum absolute atomic E-state index is 11.8. The highest BCUT2D eigenvalue weighted by Gasteiger charge is 2.25. The Hall–Kier alpha value is -0.570. The number of likely N-dealkylation sites (tertiary alicyclic amines) is 1. The van der Waals surface area contributed by atoms with E-state index in [2.05, 4.69) is 6.92 Å². The van der Waals surface area contributed by atoms with E-state index in [0.717, 1.165) is 31.8 Å². The predicted octanol–water partition coefficient (Wildman–Crippen LogP) is 2.06. The van der Waals surface area contributed by atoms with Crippen molar-refractivity contribution in [1.29, 1.82) is 0 Å². The van der Waals surface area contributed by atoms with Crippen LogP contribution in [0.3, 0.4) is 0 Å². The lowest BCUT2D eigenvalue weighted by molar-refractivity contribution is -0.142. The standard InChI is InChI=1S/C12H23NO2/c1-4-5-11-6-8-13(9-7-11)12(14)10(2)15-3/h10-11H,4-9H2,1-3H3. The van der Waals surface area contributed by atoms with E-state index in [0.29, 0.717) is 0 Å². The van der Waals surface area contributed by atoms with Gasteiger partial charge in [-0.1, -0.05) is 19.8 Å². The lowest BCUT2D eigenvalue weighted by Gasteiger charge is -2.33.